The molecule has 2 N–H and O–H groups in total. The third kappa shape index (κ3) is 3.07. The summed E-state index contributed by atoms with van der Waals surface area (Å²) in [5.74, 6) is 0.267. The van der Waals surface area contributed by atoms with Gasteiger partial charge in [0.05, 0.1) is 12.0 Å². The molecule has 1 aromatic carbocycles. The first kappa shape index (κ1) is 13.2. The summed E-state index contributed by atoms with van der Waals surface area (Å²) in [5, 5.41) is 10.7. The van der Waals surface area contributed by atoms with Crippen molar-refractivity contribution in [3.05, 3.63) is 28.3 Å². The van der Waals surface area contributed by atoms with Crippen LogP contribution in [0, 0.1) is 10.1 Å². The number of nitrogens with two attached hydrogens (primary N) is 1. The predicted octanol–water partition coefficient (Wildman–Crippen LogP) is 1.39. The summed E-state index contributed by atoms with van der Waals surface area (Å²) >= 11 is 0. The second-order valence-corrected chi connectivity index (χ2v) is 3.48. The van der Waals surface area contributed by atoms with Gasteiger partial charge in [-0.05, 0) is 13.0 Å². The molecule has 1 rings (SSSR count). The van der Waals surface area contributed by atoms with Crippen LogP contribution in [0.25, 0.3) is 0 Å². The molecule has 0 radical (unpaired) electrons. The monoisotopic (exact) mass is 239 g/mol. The normalized spacial score (nSPS) is 10.1. The Hall–Kier alpha value is -1.82. The van der Waals surface area contributed by atoms with Gasteiger partial charge in [-0.3, -0.25) is 10.1 Å². The van der Waals surface area contributed by atoms with E-state index in [1.165, 1.54) is 13.2 Å². The number of likely N-dealkylation sites (N-methyl/N-ethyl adjacent to an activating group) is 1. The highest BCUT2D eigenvalue weighted by Gasteiger charge is 2.16. The maximum Gasteiger partial charge on any atom is 0.311 e. The molecule has 1 aromatic rings. The highest BCUT2D eigenvalue weighted by molar-refractivity contribution is 5.59. The molecule has 6 nitrogen and oxygen atoms in total. The second-order valence-electron chi connectivity index (χ2n) is 3.48. The summed E-state index contributed by atoms with van der Waals surface area (Å²) in [6.07, 6.45) is 0. The van der Waals surface area contributed by atoms with Crippen molar-refractivity contribution in [3.8, 4) is 5.75 Å². The van der Waals surface area contributed by atoms with Gasteiger partial charge in [0.15, 0.2) is 5.75 Å². The van der Waals surface area contributed by atoms with Crippen molar-refractivity contribution in [2.24, 2.45) is 5.73 Å². The van der Waals surface area contributed by atoms with Gasteiger partial charge in [-0.1, -0.05) is 0 Å². The van der Waals surface area contributed by atoms with Crippen LogP contribution in [0.3, 0.4) is 0 Å². The largest absolute Gasteiger partial charge is 0.490 e. The third-order valence-electron chi connectivity index (χ3n) is 2.51. The van der Waals surface area contributed by atoms with Crippen LogP contribution in [0.5, 0.6) is 5.75 Å². The minimum absolute atomic E-state index is 0.0277. The van der Waals surface area contributed by atoms with Crippen molar-refractivity contribution in [2.75, 3.05) is 31.6 Å². The first-order valence-electron chi connectivity index (χ1n) is 5.41. The molecule has 0 fully saturated rings. The van der Waals surface area contributed by atoms with Crippen molar-refractivity contribution in [3.63, 3.8) is 0 Å². The van der Waals surface area contributed by atoms with E-state index in [0.717, 1.165) is 12.2 Å². The van der Waals surface area contributed by atoms with E-state index in [1.54, 1.807) is 12.1 Å². The molecule has 17 heavy (non-hydrogen) atoms. The fourth-order valence-corrected chi connectivity index (χ4v) is 1.64. The molecule has 0 aliphatic heterocycles. The highest BCUT2D eigenvalue weighted by Crippen LogP contribution is 2.31. The van der Waals surface area contributed by atoms with Crippen LogP contribution >= 0.6 is 0 Å². The fraction of sp³-hybridized carbons (Fsp3) is 0.455. The van der Waals surface area contributed by atoms with Gasteiger partial charge in [0, 0.05) is 37.5 Å². The minimum Gasteiger partial charge on any atom is -0.490 e. The van der Waals surface area contributed by atoms with E-state index in [1.807, 2.05) is 11.8 Å². The van der Waals surface area contributed by atoms with Gasteiger partial charge in [0.25, 0.3) is 0 Å². The Morgan fingerprint density at radius 3 is 2.71 bits per heavy atom. The van der Waals surface area contributed by atoms with Gasteiger partial charge in [-0.2, -0.15) is 0 Å². The number of nitrogens with zero attached hydrogens (tertiary/aromatic N) is 2. The number of hydrogen-bond acceptors (Lipinski definition) is 5. The zero-order valence-corrected chi connectivity index (χ0v) is 10.0. The minimum atomic E-state index is -0.457. The Morgan fingerprint density at radius 2 is 2.24 bits per heavy atom. The molecular formula is C11H17N3O3. The van der Waals surface area contributed by atoms with Crippen LogP contribution in [0.4, 0.5) is 11.4 Å². The average molecular weight is 239 g/mol. The Bertz CT molecular complexity index is 396. The molecule has 0 heterocycles. The number of anilines is 1. The summed E-state index contributed by atoms with van der Waals surface area (Å²) in [6.45, 7) is 4.03. The van der Waals surface area contributed by atoms with E-state index < -0.39 is 4.92 Å². The van der Waals surface area contributed by atoms with E-state index in [2.05, 4.69) is 0 Å². The predicted molar refractivity (Wildman–Crippen MR) is 66.6 cm³/mol. The summed E-state index contributed by atoms with van der Waals surface area (Å²) in [4.78, 5) is 12.3. The first-order chi connectivity index (χ1) is 8.13. The lowest BCUT2D eigenvalue weighted by atomic mass is 10.2. The summed E-state index contributed by atoms with van der Waals surface area (Å²) in [5.41, 5.74) is 6.36. The van der Waals surface area contributed by atoms with Crippen molar-refractivity contribution >= 4 is 11.4 Å². The molecule has 94 valence electrons. The highest BCUT2D eigenvalue weighted by atomic mass is 16.6. The topological polar surface area (TPSA) is 81.6 Å². The third-order valence-corrected chi connectivity index (χ3v) is 2.51. The Kier molecular flexibility index (Phi) is 4.71. The van der Waals surface area contributed by atoms with Crippen LogP contribution < -0.4 is 15.4 Å². The van der Waals surface area contributed by atoms with Gasteiger partial charge in [-0.15, -0.1) is 0 Å². The maximum absolute atomic E-state index is 10.7. The molecule has 0 amide bonds. The van der Waals surface area contributed by atoms with Crippen molar-refractivity contribution < 1.29 is 9.66 Å². The molecule has 0 unspecified atom stereocenters. The van der Waals surface area contributed by atoms with Crippen LogP contribution in [-0.4, -0.2) is 31.7 Å². The number of nitro groups is 1. The van der Waals surface area contributed by atoms with Crippen molar-refractivity contribution in [1.82, 2.24) is 0 Å². The Balaban J connectivity index is 3.07. The van der Waals surface area contributed by atoms with Crippen molar-refractivity contribution in [1.29, 1.82) is 0 Å². The lowest BCUT2D eigenvalue weighted by molar-refractivity contribution is -0.385. The molecule has 0 saturated carbocycles. The fourth-order valence-electron chi connectivity index (χ4n) is 1.64. The zero-order valence-electron chi connectivity index (χ0n) is 10.0. The molecule has 0 aliphatic rings. The standard InChI is InChI=1S/C11H17N3O3/c1-3-13(7-6-12)9-4-5-10(14(15)16)11(8-9)17-2/h4-5,8H,3,6-7,12H2,1-2H3. The van der Waals surface area contributed by atoms with Gasteiger partial charge < -0.3 is 15.4 Å². The zero-order chi connectivity index (χ0) is 12.8. The number of methoxy groups -OCH3 is 1. The van der Waals surface area contributed by atoms with Gasteiger partial charge >= 0.3 is 5.69 Å². The van der Waals surface area contributed by atoms with Gasteiger partial charge in [0.2, 0.25) is 0 Å². The van der Waals surface area contributed by atoms with E-state index in [0.29, 0.717) is 13.1 Å². The second kappa shape index (κ2) is 6.05. The molecule has 0 bridgehead atoms. The van der Waals surface area contributed by atoms with E-state index >= 15 is 0 Å². The first-order valence-corrected chi connectivity index (χ1v) is 5.41. The van der Waals surface area contributed by atoms with Crippen molar-refractivity contribution in [2.45, 2.75) is 6.92 Å². The number of ether oxygens (including phenoxy) is 1. The summed E-state index contributed by atoms with van der Waals surface area (Å²) in [6, 6.07) is 4.82. The van der Waals surface area contributed by atoms with Crippen LogP contribution in [0.2, 0.25) is 0 Å². The molecule has 0 aromatic heterocycles. The quantitative estimate of drug-likeness (QED) is 0.599. The van der Waals surface area contributed by atoms with Gasteiger partial charge in [-0.25, -0.2) is 0 Å². The van der Waals surface area contributed by atoms with Crippen LogP contribution in [-0.2, 0) is 0 Å². The lowest BCUT2D eigenvalue weighted by Crippen LogP contribution is -2.29. The van der Waals surface area contributed by atoms with Gasteiger partial charge in [0.1, 0.15) is 0 Å². The molecule has 0 atom stereocenters. The number of hydrogen-bond donors (Lipinski definition) is 1. The SMILES string of the molecule is CCN(CCN)c1ccc([N+](=O)[O-])c(OC)c1. The maximum atomic E-state index is 10.7. The number of rotatable bonds is 6. The number of benzene rings is 1. The summed E-state index contributed by atoms with van der Waals surface area (Å²) in [7, 11) is 1.42. The van der Waals surface area contributed by atoms with Crippen LogP contribution in [0.15, 0.2) is 18.2 Å². The number of nitro benzene ring substituents is 1. The Morgan fingerprint density at radius 1 is 1.53 bits per heavy atom. The smallest absolute Gasteiger partial charge is 0.311 e. The molecular weight excluding hydrogens is 222 g/mol. The molecule has 0 aliphatic carbocycles. The molecule has 0 spiro atoms. The lowest BCUT2D eigenvalue weighted by Gasteiger charge is -2.22. The van der Waals surface area contributed by atoms with E-state index in [4.69, 9.17) is 10.5 Å². The van der Waals surface area contributed by atoms with E-state index in [9.17, 15) is 10.1 Å². The summed E-state index contributed by atoms with van der Waals surface area (Å²) < 4.78 is 5.02. The van der Waals surface area contributed by atoms with Crippen LogP contribution in [0.1, 0.15) is 6.92 Å². The Labute approximate surface area is 100 Å². The molecule has 0 saturated heterocycles. The molecule has 6 heteroatoms. The van der Waals surface area contributed by atoms with E-state index in [-0.39, 0.29) is 11.4 Å². The average Bonchev–Trinajstić information content (AvgIpc) is 2.34.